The highest BCUT2D eigenvalue weighted by molar-refractivity contribution is 5.29. The zero-order chi connectivity index (χ0) is 13.5. The molecule has 0 aliphatic rings. The number of ether oxygens (including phenoxy) is 1. The quantitative estimate of drug-likeness (QED) is 0.777. The second-order valence-corrected chi connectivity index (χ2v) is 5.14. The molecule has 0 saturated heterocycles. The van der Waals surface area contributed by atoms with Crippen molar-refractivity contribution in [2.24, 2.45) is 0 Å². The second kappa shape index (κ2) is 7.42. The summed E-state index contributed by atoms with van der Waals surface area (Å²) in [6, 6.07) is 9.41. The van der Waals surface area contributed by atoms with Crippen LogP contribution in [0.5, 0.6) is 5.75 Å². The summed E-state index contributed by atoms with van der Waals surface area (Å²) in [5, 5.41) is 3.65. The lowest BCUT2D eigenvalue weighted by Crippen LogP contribution is -2.30. The van der Waals surface area contributed by atoms with Crippen LogP contribution in [0.3, 0.4) is 0 Å². The summed E-state index contributed by atoms with van der Waals surface area (Å²) in [6.45, 7) is 10.8. The molecule has 0 heterocycles. The molecule has 0 saturated carbocycles. The van der Waals surface area contributed by atoms with Crippen molar-refractivity contribution in [2.45, 2.75) is 65.6 Å². The summed E-state index contributed by atoms with van der Waals surface area (Å²) in [5.74, 6) is 0.948. The largest absolute Gasteiger partial charge is 0.491 e. The third-order valence-corrected chi connectivity index (χ3v) is 3.22. The Hall–Kier alpha value is -1.02. The summed E-state index contributed by atoms with van der Waals surface area (Å²) in [5.41, 5.74) is 1.32. The fourth-order valence-corrected chi connectivity index (χ4v) is 2.08. The van der Waals surface area contributed by atoms with Gasteiger partial charge in [-0.3, -0.25) is 0 Å². The first-order valence-electron chi connectivity index (χ1n) is 7.09. The van der Waals surface area contributed by atoms with Gasteiger partial charge in [0.15, 0.2) is 0 Å². The van der Waals surface area contributed by atoms with Crippen molar-refractivity contribution in [3.63, 3.8) is 0 Å². The minimum absolute atomic E-state index is 0.232. The smallest absolute Gasteiger partial charge is 0.119 e. The number of hydrogen-bond acceptors (Lipinski definition) is 2. The molecular weight excluding hydrogens is 222 g/mol. The van der Waals surface area contributed by atoms with Gasteiger partial charge in [-0.25, -0.2) is 0 Å². The molecule has 0 bridgehead atoms. The molecule has 18 heavy (non-hydrogen) atoms. The molecule has 0 aliphatic heterocycles. The molecule has 1 unspecified atom stereocenters. The minimum Gasteiger partial charge on any atom is -0.491 e. The molecule has 1 atom stereocenters. The van der Waals surface area contributed by atoms with E-state index in [1.807, 2.05) is 13.8 Å². The maximum absolute atomic E-state index is 5.65. The van der Waals surface area contributed by atoms with E-state index < -0.39 is 0 Å². The average molecular weight is 249 g/mol. The fraction of sp³-hybridized carbons (Fsp3) is 0.625. The lowest BCUT2D eigenvalue weighted by molar-refractivity contribution is 0.242. The Bertz CT molecular complexity index is 327. The molecule has 2 heteroatoms. The first-order valence-corrected chi connectivity index (χ1v) is 7.09. The first kappa shape index (κ1) is 15.0. The molecule has 0 fully saturated rings. The van der Waals surface area contributed by atoms with E-state index in [2.05, 4.69) is 50.4 Å². The van der Waals surface area contributed by atoms with Crippen LogP contribution in [-0.2, 0) is 0 Å². The normalized spacial score (nSPS) is 13.1. The van der Waals surface area contributed by atoms with Crippen LogP contribution in [0.15, 0.2) is 24.3 Å². The van der Waals surface area contributed by atoms with Gasteiger partial charge >= 0.3 is 0 Å². The van der Waals surface area contributed by atoms with Gasteiger partial charge < -0.3 is 10.1 Å². The maximum atomic E-state index is 5.65. The Morgan fingerprint density at radius 2 is 1.56 bits per heavy atom. The molecule has 0 amide bonds. The highest BCUT2D eigenvalue weighted by Crippen LogP contribution is 2.19. The van der Waals surface area contributed by atoms with Gasteiger partial charge in [-0.15, -0.1) is 0 Å². The van der Waals surface area contributed by atoms with Crippen molar-refractivity contribution < 1.29 is 4.74 Å². The van der Waals surface area contributed by atoms with Gasteiger partial charge in [0.25, 0.3) is 0 Å². The predicted molar refractivity (Wildman–Crippen MR) is 78.1 cm³/mol. The van der Waals surface area contributed by atoms with Crippen molar-refractivity contribution in [1.82, 2.24) is 5.32 Å². The summed E-state index contributed by atoms with van der Waals surface area (Å²) >= 11 is 0. The summed E-state index contributed by atoms with van der Waals surface area (Å²) in [6.07, 6.45) is 2.58. The van der Waals surface area contributed by atoms with Crippen LogP contribution >= 0.6 is 0 Å². The molecule has 1 aromatic carbocycles. The van der Waals surface area contributed by atoms with E-state index in [0.29, 0.717) is 12.1 Å². The van der Waals surface area contributed by atoms with Crippen LogP contribution in [0.25, 0.3) is 0 Å². The molecule has 1 rings (SSSR count). The summed E-state index contributed by atoms with van der Waals surface area (Å²) in [7, 11) is 0. The number of rotatable bonds is 7. The monoisotopic (exact) mass is 249 g/mol. The van der Waals surface area contributed by atoms with Crippen LogP contribution in [-0.4, -0.2) is 12.1 Å². The Labute approximate surface area is 112 Å². The van der Waals surface area contributed by atoms with E-state index in [9.17, 15) is 0 Å². The number of nitrogens with one attached hydrogen (secondary N) is 1. The summed E-state index contributed by atoms with van der Waals surface area (Å²) in [4.78, 5) is 0. The molecule has 2 nitrogen and oxygen atoms in total. The topological polar surface area (TPSA) is 21.3 Å². The molecule has 1 N–H and O–H groups in total. The van der Waals surface area contributed by atoms with Crippen molar-refractivity contribution in [2.75, 3.05) is 0 Å². The van der Waals surface area contributed by atoms with Crippen LogP contribution < -0.4 is 10.1 Å². The van der Waals surface area contributed by atoms with Gasteiger partial charge in [-0.1, -0.05) is 26.0 Å². The molecule has 0 aliphatic carbocycles. The Balaban J connectivity index is 2.61. The molecule has 102 valence electrons. The summed E-state index contributed by atoms with van der Waals surface area (Å²) < 4.78 is 5.65. The van der Waals surface area contributed by atoms with Crippen LogP contribution in [0, 0.1) is 0 Å². The van der Waals surface area contributed by atoms with Gasteiger partial charge in [-0.2, -0.15) is 0 Å². The zero-order valence-electron chi connectivity index (χ0n) is 12.4. The zero-order valence-corrected chi connectivity index (χ0v) is 12.4. The third kappa shape index (κ3) is 4.69. The molecule has 0 spiro atoms. The number of hydrogen-bond donors (Lipinski definition) is 1. The third-order valence-electron chi connectivity index (χ3n) is 3.22. The van der Waals surface area contributed by atoms with Gasteiger partial charge in [0, 0.05) is 12.1 Å². The van der Waals surface area contributed by atoms with Crippen molar-refractivity contribution in [1.29, 1.82) is 0 Å². The highest BCUT2D eigenvalue weighted by atomic mass is 16.5. The molecule has 0 radical (unpaired) electrons. The Morgan fingerprint density at radius 3 is 2.00 bits per heavy atom. The lowest BCUT2D eigenvalue weighted by atomic mass is 10.1. The van der Waals surface area contributed by atoms with E-state index in [1.165, 1.54) is 18.4 Å². The van der Waals surface area contributed by atoms with E-state index >= 15 is 0 Å². The molecular formula is C16H27NO. The van der Waals surface area contributed by atoms with Crippen LogP contribution in [0.1, 0.15) is 59.1 Å². The minimum atomic E-state index is 0.232. The standard InChI is InChI=1S/C16H27NO/c1-6-15(7-2)17-13(5)14-8-10-16(11-9-14)18-12(3)4/h8-13,15,17H,6-7H2,1-5H3. The maximum Gasteiger partial charge on any atom is 0.119 e. The van der Waals surface area contributed by atoms with E-state index in [1.54, 1.807) is 0 Å². The van der Waals surface area contributed by atoms with Crippen LogP contribution in [0.2, 0.25) is 0 Å². The second-order valence-electron chi connectivity index (χ2n) is 5.14. The lowest BCUT2D eigenvalue weighted by Gasteiger charge is -2.21. The van der Waals surface area contributed by atoms with Crippen molar-refractivity contribution in [3.05, 3.63) is 29.8 Å². The van der Waals surface area contributed by atoms with Crippen molar-refractivity contribution in [3.8, 4) is 5.75 Å². The Kier molecular flexibility index (Phi) is 6.20. The van der Waals surface area contributed by atoms with Crippen LogP contribution in [0.4, 0.5) is 0 Å². The van der Waals surface area contributed by atoms with E-state index in [-0.39, 0.29) is 6.10 Å². The van der Waals surface area contributed by atoms with Gasteiger partial charge in [0.1, 0.15) is 5.75 Å². The average Bonchev–Trinajstić information content (AvgIpc) is 2.35. The predicted octanol–water partition coefficient (Wildman–Crippen LogP) is 4.31. The highest BCUT2D eigenvalue weighted by Gasteiger charge is 2.10. The first-order chi connectivity index (χ1) is 8.56. The van der Waals surface area contributed by atoms with E-state index in [0.717, 1.165) is 5.75 Å². The molecule has 0 aromatic heterocycles. The SMILES string of the molecule is CCC(CC)NC(C)c1ccc(OC(C)C)cc1. The molecule has 1 aromatic rings. The number of benzene rings is 1. The van der Waals surface area contributed by atoms with Gasteiger partial charge in [0.05, 0.1) is 6.10 Å². The fourth-order valence-electron chi connectivity index (χ4n) is 2.08. The van der Waals surface area contributed by atoms with E-state index in [4.69, 9.17) is 4.74 Å². The van der Waals surface area contributed by atoms with Gasteiger partial charge in [-0.05, 0) is 51.3 Å². The van der Waals surface area contributed by atoms with Crippen molar-refractivity contribution >= 4 is 0 Å². The van der Waals surface area contributed by atoms with Gasteiger partial charge in [0.2, 0.25) is 0 Å². The Morgan fingerprint density at radius 1 is 1.00 bits per heavy atom.